The molecule has 0 amide bonds. The molecule has 1 aromatic carbocycles. The minimum absolute atomic E-state index is 0.295. The molecule has 0 unspecified atom stereocenters. The number of aliphatic imine (C=N–C) groups is 1. The summed E-state index contributed by atoms with van der Waals surface area (Å²) in [7, 11) is 0. The minimum atomic E-state index is -0.295. The number of hydrogen-bond donors (Lipinski definition) is 2. The molecule has 1 aromatic rings. The number of benzene rings is 1. The molecular formula is C11H13ClFN3. The molecule has 0 saturated carbocycles. The van der Waals surface area contributed by atoms with Crippen LogP contribution in [0, 0.1) is 5.82 Å². The Morgan fingerprint density at radius 1 is 1.50 bits per heavy atom. The third-order valence-electron chi connectivity index (χ3n) is 2.39. The fourth-order valence-corrected chi connectivity index (χ4v) is 1.75. The Morgan fingerprint density at radius 3 is 3.06 bits per heavy atom. The maximum atomic E-state index is 13.4. The van der Waals surface area contributed by atoms with Crippen molar-refractivity contribution >= 4 is 17.6 Å². The van der Waals surface area contributed by atoms with Crippen LogP contribution in [0.15, 0.2) is 23.2 Å². The van der Waals surface area contributed by atoms with E-state index in [0.29, 0.717) is 23.1 Å². The minimum Gasteiger partial charge on any atom is -0.356 e. The topological polar surface area (TPSA) is 36.4 Å². The lowest BCUT2D eigenvalue weighted by Crippen LogP contribution is -2.40. The van der Waals surface area contributed by atoms with Crippen LogP contribution in [0.5, 0.6) is 0 Å². The lowest BCUT2D eigenvalue weighted by atomic mass is 10.2. The van der Waals surface area contributed by atoms with E-state index in [1.807, 2.05) is 0 Å². The Bertz CT molecular complexity index is 386. The zero-order valence-electron chi connectivity index (χ0n) is 8.76. The molecule has 2 N–H and O–H groups in total. The SMILES string of the molecule is Fc1cccc(Cl)c1CNC1=NCCCN1. The second-order valence-corrected chi connectivity index (χ2v) is 3.97. The second kappa shape index (κ2) is 5.16. The predicted molar refractivity (Wildman–Crippen MR) is 63.2 cm³/mol. The Labute approximate surface area is 98.7 Å². The summed E-state index contributed by atoms with van der Waals surface area (Å²) in [6.07, 6.45) is 1.03. The molecule has 86 valence electrons. The largest absolute Gasteiger partial charge is 0.356 e. The van der Waals surface area contributed by atoms with Crippen molar-refractivity contribution in [3.05, 3.63) is 34.6 Å². The summed E-state index contributed by atoms with van der Waals surface area (Å²) >= 11 is 5.91. The second-order valence-electron chi connectivity index (χ2n) is 3.56. The number of rotatable bonds is 2. The predicted octanol–water partition coefficient (Wildman–Crippen LogP) is 1.92. The average molecular weight is 242 g/mol. The third-order valence-corrected chi connectivity index (χ3v) is 2.75. The van der Waals surface area contributed by atoms with E-state index in [0.717, 1.165) is 19.5 Å². The third kappa shape index (κ3) is 2.64. The monoisotopic (exact) mass is 241 g/mol. The van der Waals surface area contributed by atoms with E-state index < -0.39 is 0 Å². The first kappa shape index (κ1) is 11.2. The van der Waals surface area contributed by atoms with Crippen LogP contribution < -0.4 is 10.6 Å². The van der Waals surface area contributed by atoms with E-state index >= 15 is 0 Å². The van der Waals surface area contributed by atoms with Crippen molar-refractivity contribution in [2.24, 2.45) is 4.99 Å². The van der Waals surface area contributed by atoms with Crippen LogP contribution in [-0.4, -0.2) is 19.0 Å². The first-order chi connectivity index (χ1) is 7.77. The van der Waals surface area contributed by atoms with Crippen LogP contribution in [0.3, 0.4) is 0 Å². The van der Waals surface area contributed by atoms with Crippen molar-refractivity contribution in [3.63, 3.8) is 0 Å². The van der Waals surface area contributed by atoms with Gasteiger partial charge in [0.15, 0.2) is 5.96 Å². The first-order valence-electron chi connectivity index (χ1n) is 5.22. The van der Waals surface area contributed by atoms with Crippen LogP contribution in [-0.2, 0) is 6.54 Å². The van der Waals surface area contributed by atoms with Crippen LogP contribution in [0.25, 0.3) is 0 Å². The van der Waals surface area contributed by atoms with Gasteiger partial charge >= 0.3 is 0 Å². The zero-order valence-corrected chi connectivity index (χ0v) is 9.52. The van der Waals surface area contributed by atoms with Gasteiger partial charge < -0.3 is 10.6 Å². The highest BCUT2D eigenvalue weighted by molar-refractivity contribution is 6.31. The summed E-state index contributed by atoms with van der Waals surface area (Å²) in [5.41, 5.74) is 0.472. The van der Waals surface area contributed by atoms with Crippen LogP contribution in [0.1, 0.15) is 12.0 Å². The van der Waals surface area contributed by atoms with Crippen molar-refractivity contribution in [3.8, 4) is 0 Å². The van der Waals surface area contributed by atoms with Crippen molar-refractivity contribution in [2.75, 3.05) is 13.1 Å². The average Bonchev–Trinajstić information content (AvgIpc) is 2.30. The van der Waals surface area contributed by atoms with E-state index in [1.54, 1.807) is 12.1 Å². The lowest BCUT2D eigenvalue weighted by Gasteiger charge is -2.16. The molecule has 0 aliphatic carbocycles. The molecule has 2 rings (SSSR count). The van der Waals surface area contributed by atoms with Crippen molar-refractivity contribution in [2.45, 2.75) is 13.0 Å². The number of halogens is 2. The van der Waals surface area contributed by atoms with E-state index in [2.05, 4.69) is 15.6 Å². The molecule has 1 heterocycles. The Balaban J connectivity index is 2.01. The Hall–Kier alpha value is -1.29. The normalized spacial score (nSPS) is 15.2. The summed E-state index contributed by atoms with van der Waals surface area (Å²) in [6, 6.07) is 4.67. The zero-order chi connectivity index (χ0) is 11.4. The first-order valence-corrected chi connectivity index (χ1v) is 5.60. The van der Waals surface area contributed by atoms with E-state index in [-0.39, 0.29) is 5.82 Å². The number of hydrogen-bond acceptors (Lipinski definition) is 3. The molecule has 1 aliphatic rings. The molecule has 3 nitrogen and oxygen atoms in total. The van der Waals surface area contributed by atoms with Gasteiger partial charge in [0.1, 0.15) is 5.82 Å². The molecule has 0 bridgehead atoms. The number of guanidine groups is 1. The van der Waals surface area contributed by atoms with Gasteiger partial charge in [0.25, 0.3) is 0 Å². The van der Waals surface area contributed by atoms with Gasteiger partial charge in [-0.1, -0.05) is 17.7 Å². The van der Waals surface area contributed by atoms with Gasteiger partial charge in [0.05, 0.1) is 0 Å². The van der Waals surface area contributed by atoms with Gasteiger partial charge in [-0.05, 0) is 18.6 Å². The molecule has 0 saturated heterocycles. The maximum Gasteiger partial charge on any atom is 0.191 e. The fraction of sp³-hybridized carbons (Fsp3) is 0.364. The molecule has 0 spiro atoms. The van der Waals surface area contributed by atoms with Crippen molar-refractivity contribution < 1.29 is 4.39 Å². The molecular weight excluding hydrogens is 229 g/mol. The molecule has 1 aliphatic heterocycles. The van der Waals surface area contributed by atoms with Crippen LogP contribution in [0.4, 0.5) is 4.39 Å². The molecule has 16 heavy (non-hydrogen) atoms. The Morgan fingerprint density at radius 2 is 2.38 bits per heavy atom. The molecule has 0 fully saturated rings. The summed E-state index contributed by atoms with van der Waals surface area (Å²) in [5, 5.41) is 6.57. The van der Waals surface area contributed by atoms with Crippen LogP contribution in [0.2, 0.25) is 5.02 Å². The fourth-order valence-electron chi connectivity index (χ4n) is 1.52. The highest BCUT2D eigenvalue weighted by Gasteiger charge is 2.08. The standard InChI is InChI=1S/C11H13ClFN3/c12-9-3-1-4-10(13)8(9)7-16-11-14-5-2-6-15-11/h1,3-4H,2,5-7H2,(H2,14,15,16). The molecule has 0 atom stereocenters. The van der Waals surface area contributed by atoms with Gasteiger partial charge in [-0.2, -0.15) is 0 Å². The van der Waals surface area contributed by atoms with Gasteiger partial charge in [-0.25, -0.2) is 4.39 Å². The van der Waals surface area contributed by atoms with Crippen LogP contribution >= 0.6 is 11.6 Å². The van der Waals surface area contributed by atoms with Crippen molar-refractivity contribution in [1.29, 1.82) is 0 Å². The summed E-state index contributed by atoms with van der Waals surface area (Å²) < 4.78 is 13.4. The summed E-state index contributed by atoms with van der Waals surface area (Å²) in [5.74, 6) is 0.418. The van der Waals surface area contributed by atoms with Gasteiger partial charge in [0, 0.05) is 30.2 Å². The highest BCUT2D eigenvalue weighted by atomic mass is 35.5. The van der Waals surface area contributed by atoms with Gasteiger partial charge in [-0.15, -0.1) is 0 Å². The van der Waals surface area contributed by atoms with E-state index in [4.69, 9.17) is 11.6 Å². The molecule has 0 radical (unpaired) electrons. The summed E-state index contributed by atoms with van der Waals surface area (Å²) in [6.45, 7) is 2.05. The highest BCUT2D eigenvalue weighted by Crippen LogP contribution is 2.18. The Kier molecular flexibility index (Phi) is 3.62. The van der Waals surface area contributed by atoms with Gasteiger partial charge in [0.2, 0.25) is 0 Å². The number of nitrogens with one attached hydrogen (secondary N) is 2. The smallest absolute Gasteiger partial charge is 0.191 e. The quantitative estimate of drug-likeness (QED) is 0.830. The van der Waals surface area contributed by atoms with E-state index in [9.17, 15) is 4.39 Å². The molecule has 5 heteroatoms. The number of nitrogens with zero attached hydrogens (tertiary/aromatic N) is 1. The van der Waals surface area contributed by atoms with Gasteiger partial charge in [-0.3, -0.25) is 4.99 Å². The van der Waals surface area contributed by atoms with E-state index in [1.165, 1.54) is 6.07 Å². The lowest BCUT2D eigenvalue weighted by molar-refractivity contribution is 0.603. The maximum absolute atomic E-state index is 13.4. The molecule has 0 aromatic heterocycles. The van der Waals surface area contributed by atoms with Crippen molar-refractivity contribution in [1.82, 2.24) is 10.6 Å². The summed E-state index contributed by atoms with van der Waals surface area (Å²) in [4.78, 5) is 4.23.